The zero-order chi connectivity index (χ0) is 15.1. The van der Waals surface area contributed by atoms with Crippen LogP contribution in [0.2, 0.25) is 0 Å². The lowest BCUT2D eigenvalue weighted by molar-refractivity contribution is -0.137. The number of benzene rings is 1. The van der Waals surface area contributed by atoms with Crippen molar-refractivity contribution in [3.8, 4) is 0 Å². The van der Waals surface area contributed by atoms with Crippen molar-refractivity contribution in [1.82, 2.24) is 4.90 Å². The summed E-state index contributed by atoms with van der Waals surface area (Å²) < 4.78 is 0. The smallest absolute Gasteiger partial charge is 0.303 e. The summed E-state index contributed by atoms with van der Waals surface area (Å²) in [5.41, 5.74) is 1.25. The van der Waals surface area contributed by atoms with E-state index < -0.39 is 5.97 Å². The van der Waals surface area contributed by atoms with E-state index in [0.29, 0.717) is 12.3 Å². The quantitative estimate of drug-likeness (QED) is 0.838. The van der Waals surface area contributed by atoms with Crippen molar-refractivity contribution >= 4 is 11.7 Å². The fourth-order valence-electron chi connectivity index (χ4n) is 3.02. The fraction of sp³-hybridized carbons (Fsp3) is 0.588. The second kappa shape index (κ2) is 8.03. The van der Waals surface area contributed by atoms with Crippen molar-refractivity contribution in [1.29, 1.82) is 0 Å². The molecule has 4 heteroatoms. The number of hydrogen-bond donors (Lipinski definition) is 1. The number of anilines is 1. The van der Waals surface area contributed by atoms with Gasteiger partial charge in [0.2, 0.25) is 0 Å². The molecule has 21 heavy (non-hydrogen) atoms. The molecule has 1 aliphatic heterocycles. The molecular formula is C17H26N2O2. The van der Waals surface area contributed by atoms with Gasteiger partial charge in [-0.2, -0.15) is 0 Å². The molecule has 0 aliphatic carbocycles. The van der Waals surface area contributed by atoms with Gasteiger partial charge in [0.05, 0.1) is 0 Å². The van der Waals surface area contributed by atoms with Gasteiger partial charge in [-0.3, -0.25) is 4.79 Å². The van der Waals surface area contributed by atoms with Crippen LogP contribution in [0.15, 0.2) is 30.3 Å². The first kappa shape index (κ1) is 15.8. The molecule has 0 bridgehead atoms. The molecule has 1 aromatic carbocycles. The van der Waals surface area contributed by atoms with Crippen LogP contribution in [0.25, 0.3) is 0 Å². The van der Waals surface area contributed by atoms with Gasteiger partial charge in [-0.05, 0) is 43.9 Å². The number of para-hydroxylation sites is 1. The lowest BCUT2D eigenvalue weighted by atomic mass is 9.93. The molecule has 116 valence electrons. The molecule has 0 spiro atoms. The Kier molecular flexibility index (Phi) is 6.05. The van der Waals surface area contributed by atoms with E-state index in [9.17, 15) is 4.79 Å². The van der Waals surface area contributed by atoms with Crippen LogP contribution in [-0.4, -0.2) is 49.2 Å². The Labute approximate surface area is 127 Å². The van der Waals surface area contributed by atoms with Gasteiger partial charge in [-0.25, -0.2) is 0 Å². The zero-order valence-corrected chi connectivity index (χ0v) is 12.9. The van der Waals surface area contributed by atoms with Crippen LogP contribution in [0.3, 0.4) is 0 Å². The number of nitrogens with zero attached hydrogens (tertiary/aromatic N) is 2. The minimum absolute atomic E-state index is 0.308. The van der Waals surface area contributed by atoms with E-state index in [0.717, 1.165) is 32.6 Å². The Morgan fingerprint density at radius 2 is 2.14 bits per heavy atom. The van der Waals surface area contributed by atoms with Gasteiger partial charge in [0.15, 0.2) is 0 Å². The molecule has 1 unspecified atom stereocenters. The molecule has 1 atom stereocenters. The van der Waals surface area contributed by atoms with Crippen molar-refractivity contribution in [2.75, 3.05) is 38.1 Å². The SMILES string of the molecule is CN(CCN1CCCC(CCC(=O)O)C1)c1ccccc1. The van der Waals surface area contributed by atoms with E-state index >= 15 is 0 Å². The molecular weight excluding hydrogens is 264 g/mol. The lowest BCUT2D eigenvalue weighted by Gasteiger charge is -2.34. The largest absolute Gasteiger partial charge is 0.481 e. The summed E-state index contributed by atoms with van der Waals surface area (Å²) in [5, 5.41) is 8.79. The number of likely N-dealkylation sites (N-methyl/N-ethyl adjacent to an activating group) is 1. The first-order valence-corrected chi connectivity index (χ1v) is 7.85. The van der Waals surface area contributed by atoms with E-state index in [1.807, 2.05) is 6.07 Å². The maximum absolute atomic E-state index is 10.7. The van der Waals surface area contributed by atoms with Crippen molar-refractivity contribution in [3.05, 3.63) is 30.3 Å². The number of aliphatic carboxylic acids is 1. The summed E-state index contributed by atoms with van der Waals surface area (Å²) in [6, 6.07) is 10.4. The highest BCUT2D eigenvalue weighted by Crippen LogP contribution is 2.21. The molecule has 1 heterocycles. The molecule has 1 fully saturated rings. The van der Waals surface area contributed by atoms with Crippen LogP contribution in [0, 0.1) is 5.92 Å². The van der Waals surface area contributed by atoms with Crippen LogP contribution >= 0.6 is 0 Å². The predicted molar refractivity (Wildman–Crippen MR) is 85.7 cm³/mol. The minimum atomic E-state index is -0.670. The second-order valence-corrected chi connectivity index (χ2v) is 6.00. The van der Waals surface area contributed by atoms with Crippen LogP contribution in [-0.2, 0) is 4.79 Å². The van der Waals surface area contributed by atoms with Gasteiger partial charge in [-0.15, -0.1) is 0 Å². The topological polar surface area (TPSA) is 43.8 Å². The van der Waals surface area contributed by atoms with Crippen LogP contribution < -0.4 is 4.90 Å². The third-order valence-corrected chi connectivity index (χ3v) is 4.32. The third-order valence-electron chi connectivity index (χ3n) is 4.32. The van der Waals surface area contributed by atoms with E-state index in [4.69, 9.17) is 5.11 Å². The Balaban J connectivity index is 1.74. The number of carboxylic acid groups (broad SMARTS) is 1. The molecule has 4 nitrogen and oxygen atoms in total. The second-order valence-electron chi connectivity index (χ2n) is 6.00. The molecule has 0 aromatic heterocycles. The Morgan fingerprint density at radius 1 is 1.38 bits per heavy atom. The van der Waals surface area contributed by atoms with Gasteiger partial charge in [-0.1, -0.05) is 18.2 Å². The standard InChI is InChI=1S/C17H26N2O2/c1-18(16-7-3-2-4-8-16)12-13-19-11-5-6-15(14-19)9-10-17(20)21/h2-4,7-8,15H,5-6,9-14H2,1H3,(H,20,21). The van der Waals surface area contributed by atoms with Crippen molar-refractivity contribution in [2.24, 2.45) is 5.92 Å². The van der Waals surface area contributed by atoms with Crippen LogP contribution in [0.4, 0.5) is 5.69 Å². The maximum atomic E-state index is 10.7. The Hall–Kier alpha value is -1.55. The van der Waals surface area contributed by atoms with Crippen LogP contribution in [0.1, 0.15) is 25.7 Å². The summed E-state index contributed by atoms with van der Waals surface area (Å²) in [7, 11) is 2.13. The number of hydrogen-bond acceptors (Lipinski definition) is 3. The van der Waals surface area contributed by atoms with E-state index in [1.54, 1.807) is 0 Å². The maximum Gasteiger partial charge on any atom is 0.303 e. The molecule has 0 radical (unpaired) electrons. The van der Waals surface area contributed by atoms with Crippen molar-refractivity contribution in [3.63, 3.8) is 0 Å². The first-order valence-electron chi connectivity index (χ1n) is 7.85. The van der Waals surface area contributed by atoms with Crippen LogP contribution in [0.5, 0.6) is 0 Å². The first-order chi connectivity index (χ1) is 10.1. The highest BCUT2D eigenvalue weighted by atomic mass is 16.4. The third kappa shape index (κ3) is 5.38. The highest BCUT2D eigenvalue weighted by Gasteiger charge is 2.20. The van der Waals surface area contributed by atoms with E-state index in [1.165, 1.54) is 18.5 Å². The summed E-state index contributed by atoms with van der Waals surface area (Å²) >= 11 is 0. The number of likely N-dealkylation sites (tertiary alicyclic amines) is 1. The van der Waals surface area contributed by atoms with Gasteiger partial charge in [0.1, 0.15) is 0 Å². The molecule has 1 N–H and O–H groups in total. The Bertz CT molecular complexity index is 436. The molecule has 1 saturated heterocycles. The van der Waals surface area contributed by atoms with Gasteiger partial charge >= 0.3 is 5.97 Å². The van der Waals surface area contributed by atoms with Gasteiger partial charge in [0, 0.05) is 38.8 Å². The summed E-state index contributed by atoms with van der Waals surface area (Å²) in [6.07, 6.45) is 3.50. The van der Waals surface area contributed by atoms with E-state index in [-0.39, 0.29) is 0 Å². The van der Waals surface area contributed by atoms with Crippen molar-refractivity contribution in [2.45, 2.75) is 25.7 Å². The summed E-state index contributed by atoms with van der Waals surface area (Å²) in [6.45, 7) is 4.26. The Morgan fingerprint density at radius 3 is 2.86 bits per heavy atom. The number of carboxylic acids is 1. The molecule has 0 amide bonds. The fourth-order valence-corrected chi connectivity index (χ4v) is 3.02. The zero-order valence-electron chi connectivity index (χ0n) is 12.9. The molecule has 0 saturated carbocycles. The van der Waals surface area contributed by atoms with Crippen molar-refractivity contribution < 1.29 is 9.90 Å². The number of carbonyl (C=O) groups is 1. The average molecular weight is 290 g/mol. The summed E-state index contributed by atoms with van der Waals surface area (Å²) in [4.78, 5) is 15.4. The average Bonchev–Trinajstić information content (AvgIpc) is 2.52. The monoisotopic (exact) mass is 290 g/mol. The normalized spacial score (nSPS) is 19.4. The summed E-state index contributed by atoms with van der Waals surface area (Å²) in [5.74, 6) is -0.118. The molecule has 2 rings (SSSR count). The van der Waals surface area contributed by atoms with Gasteiger partial charge in [0.25, 0.3) is 0 Å². The van der Waals surface area contributed by atoms with E-state index in [2.05, 4.69) is 41.1 Å². The lowest BCUT2D eigenvalue weighted by Crippen LogP contribution is -2.40. The molecule has 1 aromatic rings. The number of piperidine rings is 1. The predicted octanol–water partition coefficient (Wildman–Crippen LogP) is 2.70. The van der Waals surface area contributed by atoms with Gasteiger partial charge < -0.3 is 14.9 Å². The highest BCUT2D eigenvalue weighted by molar-refractivity contribution is 5.66. The molecule has 1 aliphatic rings. The minimum Gasteiger partial charge on any atom is -0.481 e. The number of rotatable bonds is 7.